The number of para-hydroxylation sites is 1. The molecule has 0 fully saturated rings. The van der Waals surface area contributed by atoms with Gasteiger partial charge in [-0.2, -0.15) is 0 Å². The molecule has 0 saturated carbocycles. The molecule has 0 aliphatic carbocycles. The van der Waals surface area contributed by atoms with Crippen molar-refractivity contribution in [1.82, 2.24) is 24.7 Å². The van der Waals surface area contributed by atoms with Gasteiger partial charge < -0.3 is 18.6 Å². The maximum Gasteiger partial charge on any atom is 0.204 e. The van der Waals surface area contributed by atoms with E-state index in [2.05, 4.69) is 20.2 Å². The lowest BCUT2D eigenvalue weighted by Crippen LogP contribution is -2.30. The number of aryl methyl sites for hydroxylation is 1. The van der Waals surface area contributed by atoms with Crippen molar-refractivity contribution in [3.8, 4) is 28.8 Å². The smallest absolute Gasteiger partial charge is 0.204 e. The molecule has 0 aliphatic rings. The van der Waals surface area contributed by atoms with Gasteiger partial charge in [-0.15, -0.1) is 10.2 Å². The van der Waals surface area contributed by atoms with Gasteiger partial charge in [0.05, 0.1) is 31.9 Å². The fourth-order valence-corrected chi connectivity index (χ4v) is 5.31. The molecular formula is C24H26FN5O6S. The van der Waals surface area contributed by atoms with Gasteiger partial charge in [0.25, 0.3) is 0 Å². The first-order chi connectivity index (χ1) is 17.7. The van der Waals surface area contributed by atoms with E-state index in [0.29, 0.717) is 28.7 Å². The maximum atomic E-state index is 13.6. The Morgan fingerprint density at radius 2 is 1.68 bits per heavy atom. The van der Waals surface area contributed by atoms with E-state index in [-0.39, 0.29) is 17.5 Å². The van der Waals surface area contributed by atoms with Crippen LogP contribution in [-0.2, 0) is 20.3 Å². The predicted molar refractivity (Wildman–Crippen MR) is 131 cm³/mol. The molecule has 13 heteroatoms. The lowest BCUT2D eigenvalue weighted by atomic mass is 10.2. The second kappa shape index (κ2) is 10.6. The summed E-state index contributed by atoms with van der Waals surface area (Å²) in [6.45, 7) is 3.25. The van der Waals surface area contributed by atoms with Gasteiger partial charge in [-0.05, 0) is 38.1 Å². The molecule has 0 unspecified atom stereocenters. The Morgan fingerprint density at radius 3 is 2.22 bits per heavy atom. The minimum Gasteiger partial charge on any atom is -0.494 e. The SMILES string of the molecule is COc1cccc(OC)c1-n1c(CS(=O)(=O)[C@@H](C)[C@@H](OC)c2ncc(F)cn2)nnc1-c1ccc(C)o1. The maximum absolute atomic E-state index is 13.6. The van der Waals surface area contributed by atoms with E-state index in [1.54, 1.807) is 37.3 Å². The number of nitrogens with zero attached hydrogens (tertiary/aromatic N) is 5. The van der Waals surface area contributed by atoms with Crippen molar-refractivity contribution < 1.29 is 31.4 Å². The predicted octanol–water partition coefficient (Wildman–Crippen LogP) is 3.47. The number of furan rings is 1. The van der Waals surface area contributed by atoms with Crippen molar-refractivity contribution in [2.45, 2.75) is 31.0 Å². The Hall–Kier alpha value is -3.84. The highest BCUT2D eigenvalue weighted by Gasteiger charge is 2.35. The van der Waals surface area contributed by atoms with Crippen LogP contribution in [0.3, 0.4) is 0 Å². The van der Waals surface area contributed by atoms with E-state index in [1.807, 2.05) is 0 Å². The van der Waals surface area contributed by atoms with Crippen LogP contribution >= 0.6 is 0 Å². The molecule has 2 atom stereocenters. The molecule has 0 bridgehead atoms. The van der Waals surface area contributed by atoms with Gasteiger partial charge in [-0.25, -0.2) is 22.8 Å². The Balaban J connectivity index is 1.82. The number of benzene rings is 1. The summed E-state index contributed by atoms with van der Waals surface area (Å²) in [5.74, 6) is 1.06. The van der Waals surface area contributed by atoms with Crippen LogP contribution in [0.25, 0.3) is 17.3 Å². The van der Waals surface area contributed by atoms with Crippen molar-refractivity contribution in [2.24, 2.45) is 0 Å². The van der Waals surface area contributed by atoms with Gasteiger partial charge in [0, 0.05) is 7.11 Å². The lowest BCUT2D eigenvalue weighted by molar-refractivity contribution is 0.0946. The van der Waals surface area contributed by atoms with E-state index in [9.17, 15) is 12.8 Å². The van der Waals surface area contributed by atoms with Crippen LogP contribution in [-0.4, -0.2) is 59.7 Å². The zero-order valence-electron chi connectivity index (χ0n) is 20.9. The van der Waals surface area contributed by atoms with Crippen molar-refractivity contribution in [3.05, 3.63) is 66.0 Å². The summed E-state index contributed by atoms with van der Waals surface area (Å²) < 4.78 is 64.4. The van der Waals surface area contributed by atoms with E-state index in [4.69, 9.17) is 18.6 Å². The Labute approximate surface area is 213 Å². The van der Waals surface area contributed by atoms with Crippen molar-refractivity contribution >= 4 is 9.84 Å². The number of aromatic nitrogens is 5. The topological polar surface area (TPSA) is 131 Å². The largest absolute Gasteiger partial charge is 0.494 e. The third kappa shape index (κ3) is 5.18. The normalized spacial score (nSPS) is 13.4. The summed E-state index contributed by atoms with van der Waals surface area (Å²) in [5.41, 5.74) is 0.407. The molecule has 0 N–H and O–H groups in total. The third-order valence-corrected chi connectivity index (χ3v) is 7.83. The molecule has 0 radical (unpaired) electrons. The number of ether oxygens (including phenoxy) is 3. The average molecular weight is 532 g/mol. The quantitative estimate of drug-likeness (QED) is 0.300. The van der Waals surface area contributed by atoms with Gasteiger partial charge in [0.2, 0.25) is 5.82 Å². The number of sulfone groups is 1. The lowest BCUT2D eigenvalue weighted by Gasteiger charge is -2.22. The second-order valence-electron chi connectivity index (χ2n) is 8.12. The number of rotatable bonds is 10. The van der Waals surface area contributed by atoms with Crippen LogP contribution in [0.5, 0.6) is 11.5 Å². The Morgan fingerprint density at radius 1 is 1.03 bits per heavy atom. The molecule has 1 aromatic carbocycles. The van der Waals surface area contributed by atoms with Gasteiger partial charge in [0.15, 0.2) is 33.1 Å². The van der Waals surface area contributed by atoms with Crippen molar-refractivity contribution in [2.75, 3.05) is 21.3 Å². The van der Waals surface area contributed by atoms with Gasteiger partial charge in [-0.3, -0.25) is 4.57 Å². The second-order valence-corrected chi connectivity index (χ2v) is 10.5. The summed E-state index contributed by atoms with van der Waals surface area (Å²) in [4.78, 5) is 7.79. The highest BCUT2D eigenvalue weighted by Crippen LogP contribution is 2.37. The van der Waals surface area contributed by atoms with E-state index in [0.717, 1.165) is 12.4 Å². The number of hydrogen-bond donors (Lipinski definition) is 0. The molecule has 196 valence electrons. The van der Waals surface area contributed by atoms with Crippen LogP contribution in [0, 0.1) is 12.7 Å². The summed E-state index contributed by atoms with van der Waals surface area (Å²) >= 11 is 0. The highest BCUT2D eigenvalue weighted by molar-refractivity contribution is 7.91. The molecular weight excluding hydrogens is 505 g/mol. The van der Waals surface area contributed by atoms with Gasteiger partial charge >= 0.3 is 0 Å². The first-order valence-corrected chi connectivity index (χ1v) is 12.9. The monoisotopic (exact) mass is 531 g/mol. The van der Waals surface area contributed by atoms with Crippen LogP contribution in [0.4, 0.5) is 4.39 Å². The molecule has 0 saturated heterocycles. The number of methoxy groups -OCH3 is 3. The molecule has 4 aromatic rings. The first kappa shape index (κ1) is 26.2. The van der Waals surface area contributed by atoms with Crippen LogP contribution in [0.15, 0.2) is 47.1 Å². The van der Waals surface area contributed by atoms with Crippen LogP contribution in [0.2, 0.25) is 0 Å². The Bertz CT molecular complexity index is 1460. The van der Waals surface area contributed by atoms with Crippen molar-refractivity contribution in [1.29, 1.82) is 0 Å². The molecule has 0 spiro atoms. The molecule has 0 amide bonds. The van der Waals surface area contributed by atoms with Crippen molar-refractivity contribution in [3.63, 3.8) is 0 Å². The first-order valence-electron chi connectivity index (χ1n) is 11.1. The molecule has 3 aromatic heterocycles. The fourth-order valence-electron chi connectivity index (χ4n) is 3.89. The van der Waals surface area contributed by atoms with Crippen LogP contribution in [0.1, 0.15) is 30.4 Å². The summed E-state index contributed by atoms with van der Waals surface area (Å²) in [5, 5.41) is 7.35. The van der Waals surface area contributed by atoms with E-state index < -0.39 is 32.8 Å². The zero-order chi connectivity index (χ0) is 26.7. The third-order valence-electron chi connectivity index (χ3n) is 5.79. The van der Waals surface area contributed by atoms with E-state index >= 15 is 0 Å². The summed E-state index contributed by atoms with van der Waals surface area (Å²) in [6, 6.07) is 8.64. The summed E-state index contributed by atoms with van der Waals surface area (Å²) in [7, 11) is 0.365. The van der Waals surface area contributed by atoms with Crippen LogP contribution < -0.4 is 9.47 Å². The molecule has 11 nitrogen and oxygen atoms in total. The molecule has 3 heterocycles. The minimum atomic E-state index is -3.95. The molecule has 0 aliphatic heterocycles. The average Bonchev–Trinajstić information content (AvgIpc) is 3.50. The highest BCUT2D eigenvalue weighted by atomic mass is 32.2. The minimum absolute atomic E-state index is 0.0413. The summed E-state index contributed by atoms with van der Waals surface area (Å²) in [6.07, 6.45) is 0.862. The van der Waals surface area contributed by atoms with Gasteiger partial charge in [-0.1, -0.05) is 6.07 Å². The number of hydrogen-bond acceptors (Lipinski definition) is 10. The fraction of sp³-hybridized carbons (Fsp3) is 0.333. The Kier molecular flexibility index (Phi) is 7.55. The number of halogens is 1. The molecule has 4 rings (SSSR count). The van der Waals surface area contributed by atoms with E-state index in [1.165, 1.54) is 32.8 Å². The van der Waals surface area contributed by atoms with Gasteiger partial charge in [0.1, 0.15) is 34.8 Å². The zero-order valence-corrected chi connectivity index (χ0v) is 21.7. The molecule has 37 heavy (non-hydrogen) atoms. The standard InChI is InChI=1S/C24H26FN5O6S/c1-14-9-10-19(36-14)24-29-28-20(30(24)21-17(33-3)7-6-8-18(21)34-4)13-37(31,32)15(2)22(35-5)23-26-11-16(25)12-27-23/h6-12,15,22H,13H2,1-5H3/t15-,22+/m0/s1.